The van der Waals surface area contributed by atoms with Crippen LogP contribution in [0.2, 0.25) is 10.0 Å². The van der Waals surface area contributed by atoms with Crippen molar-refractivity contribution in [3.63, 3.8) is 0 Å². The lowest BCUT2D eigenvalue weighted by molar-refractivity contribution is -0.143. The minimum absolute atomic E-state index is 0.0838. The van der Waals surface area contributed by atoms with E-state index in [2.05, 4.69) is 9.88 Å². The number of rotatable bonds is 6. The van der Waals surface area contributed by atoms with Crippen LogP contribution in [0.5, 0.6) is 0 Å². The number of ether oxygens (including phenoxy) is 1. The number of nitrogens with zero attached hydrogens (tertiary/aromatic N) is 3. The maximum Gasteiger partial charge on any atom is 0.302 e. The van der Waals surface area contributed by atoms with Crippen molar-refractivity contribution in [1.82, 2.24) is 14.8 Å². The van der Waals surface area contributed by atoms with Crippen molar-refractivity contribution < 1.29 is 18.7 Å². The summed E-state index contributed by atoms with van der Waals surface area (Å²) in [4.78, 5) is 33.6. The molecule has 1 aromatic heterocycles. The van der Waals surface area contributed by atoms with Crippen LogP contribution < -0.4 is 0 Å². The van der Waals surface area contributed by atoms with Gasteiger partial charge in [0.15, 0.2) is 0 Å². The Hall–Kier alpha value is -2.74. The molecule has 3 heterocycles. The van der Waals surface area contributed by atoms with E-state index in [-0.39, 0.29) is 23.6 Å². The van der Waals surface area contributed by atoms with Gasteiger partial charge in [0, 0.05) is 50.1 Å². The van der Waals surface area contributed by atoms with E-state index in [9.17, 15) is 14.0 Å². The van der Waals surface area contributed by atoms with E-state index in [0.29, 0.717) is 58.2 Å². The van der Waals surface area contributed by atoms with Gasteiger partial charge in [-0.25, -0.2) is 4.39 Å². The largest absolute Gasteiger partial charge is 0.466 e. The Morgan fingerprint density at radius 3 is 2.54 bits per heavy atom. The third-order valence-electron chi connectivity index (χ3n) is 8.11. The molecule has 2 atom stereocenters. The van der Waals surface area contributed by atoms with Gasteiger partial charge in [-0.05, 0) is 80.1 Å². The Balaban J connectivity index is 1.22. The molecule has 1 amide bonds. The summed E-state index contributed by atoms with van der Waals surface area (Å²) >= 11 is 12.3. The highest BCUT2D eigenvalue weighted by Gasteiger charge is 2.35. The molecular formula is C30H32Cl2FN3O3. The third-order valence-corrected chi connectivity index (χ3v) is 8.85. The minimum Gasteiger partial charge on any atom is -0.466 e. The average molecular weight is 573 g/mol. The first-order valence-electron chi connectivity index (χ1n) is 13.4. The quantitative estimate of drug-likeness (QED) is 0.338. The Morgan fingerprint density at radius 2 is 1.79 bits per heavy atom. The second-order valence-corrected chi connectivity index (χ2v) is 11.4. The lowest BCUT2D eigenvalue weighted by Crippen LogP contribution is -2.52. The Labute approximate surface area is 238 Å². The second-order valence-electron chi connectivity index (χ2n) is 10.6. The zero-order chi connectivity index (χ0) is 27.5. The van der Waals surface area contributed by atoms with Gasteiger partial charge in [-0.15, -0.1) is 0 Å². The van der Waals surface area contributed by atoms with Gasteiger partial charge >= 0.3 is 5.97 Å². The topological polar surface area (TPSA) is 62.7 Å². The smallest absolute Gasteiger partial charge is 0.302 e. The molecule has 5 rings (SSSR count). The third kappa shape index (κ3) is 6.53. The van der Waals surface area contributed by atoms with Crippen LogP contribution in [0.1, 0.15) is 42.1 Å². The molecular weight excluding hydrogens is 540 g/mol. The number of hydrogen-bond acceptors (Lipinski definition) is 5. The first-order valence-corrected chi connectivity index (χ1v) is 14.2. The molecule has 1 unspecified atom stereocenters. The SMILES string of the molecule is CC(=O)OC[C@@H]1CN(C2CCN(C(=O)c3ccnc4ccc(F)cc34)CC2)CCC1Cc1ccc(Cl)c(Cl)c1. The number of piperidine rings is 2. The zero-order valence-electron chi connectivity index (χ0n) is 21.9. The lowest BCUT2D eigenvalue weighted by atomic mass is 9.80. The Morgan fingerprint density at radius 1 is 1.00 bits per heavy atom. The van der Waals surface area contributed by atoms with E-state index in [1.807, 2.05) is 23.1 Å². The maximum absolute atomic E-state index is 13.9. The van der Waals surface area contributed by atoms with E-state index >= 15 is 0 Å². The predicted octanol–water partition coefficient (Wildman–Crippen LogP) is 6.03. The zero-order valence-corrected chi connectivity index (χ0v) is 23.4. The molecule has 0 bridgehead atoms. The molecule has 206 valence electrons. The Kier molecular flexibility index (Phi) is 8.70. The van der Waals surface area contributed by atoms with Crippen molar-refractivity contribution in [2.24, 2.45) is 11.8 Å². The predicted molar refractivity (Wildman–Crippen MR) is 151 cm³/mol. The summed E-state index contributed by atoms with van der Waals surface area (Å²) in [5.41, 5.74) is 2.23. The van der Waals surface area contributed by atoms with Crippen LogP contribution >= 0.6 is 23.2 Å². The van der Waals surface area contributed by atoms with E-state index in [1.54, 1.807) is 18.3 Å². The summed E-state index contributed by atoms with van der Waals surface area (Å²) < 4.78 is 19.4. The van der Waals surface area contributed by atoms with Crippen LogP contribution in [0.3, 0.4) is 0 Å². The van der Waals surface area contributed by atoms with Crippen LogP contribution in [0.4, 0.5) is 4.39 Å². The fourth-order valence-electron chi connectivity index (χ4n) is 6.00. The lowest BCUT2D eigenvalue weighted by Gasteiger charge is -2.45. The van der Waals surface area contributed by atoms with Crippen LogP contribution in [-0.4, -0.2) is 65.5 Å². The van der Waals surface area contributed by atoms with Gasteiger partial charge in [-0.2, -0.15) is 0 Å². The highest BCUT2D eigenvalue weighted by Crippen LogP contribution is 2.33. The van der Waals surface area contributed by atoms with Gasteiger partial charge in [-0.1, -0.05) is 29.3 Å². The molecule has 2 aliphatic rings. The minimum atomic E-state index is -0.380. The van der Waals surface area contributed by atoms with Crippen LogP contribution in [-0.2, 0) is 16.0 Å². The summed E-state index contributed by atoms with van der Waals surface area (Å²) in [6, 6.07) is 12.1. The maximum atomic E-state index is 13.9. The van der Waals surface area contributed by atoms with E-state index in [4.69, 9.17) is 27.9 Å². The number of halogens is 3. The van der Waals surface area contributed by atoms with Crippen LogP contribution in [0.25, 0.3) is 10.9 Å². The average Bonchev–Trinajstić information content (AvgIpc) is 2.94. The Bertz CT molecular complexity index is 1360. The van der Waals surface area contributed by atoms with Crippen molar-refractivity contribution in [2.75, 3.05) is 32.8 Å². The number of carbonyl (C=O) groups is 2. The van der Waals surface area contributed by atoms with Gasteiger partial charge in [-0.3, -0.25) is 19.5 Å². The van der Waals surface area contributed by atoms with Crippen LogP contribution in [0, 0.1) is 17.7 Å². The van der Waals surface area contributed by atoms with Crippen molar-refractivity contribution in [3.8, 4) is 0 Å². The number of likely N-dealkylation sites (tertiary alicyclic amines) is 2. The number of fused-ring (bicyclic) bond motifs is 1. The summed E-state index contributed by atoms with van der Waals surface area (Å²) in [7, 11) is 0. The van der Waals surface area contributed by atoms with E-state index in [1.165, 1.54) is 19.1 Å². The van der Waals surface area contributed by atoms with Gasteiger partial charge in [0.1, 0.15) is 5.82 Å². The number of esters is 1. The molecule has 6 nitrogen and oxygen atoms in total. The first kappa shape index (κ1) is 27.8. The number of aromatic nitrogens is 1. The van der Waals surface area contributed by atoms with Gasteiger partial charge in [0.25, 0.3) is 5.91 Å². The van der Waals surface area contributed by atoms with Crippen molar-refractivity contribution in [1.29, 1.82) is 0 Å². The van der Waals surface area contributed by atoms with E-state index < -0.39 is 0 Å². The molecule has 3 aromatic rings. The molecule has 39 heavy (non-hydrogen) atoms. The summed E-state index contributed by atoms with van der Waals surface area (Å²) in [6.07, 6.45) is 5.16. The van der Waals surface area contributed by atoms with Gasteiger partial charge in [0.2, 0.25) is 0 Å². The number of carbonyl (C=O) groups excluding carboxylic acids is 2. The normalized spacial score (nSPS) is 20.8. The molecule has 2 saturated heterocycles. The van der Waals surface area contributed by atoms with Gasteiger partial charge in [0.05, 0.1) is 27.7 Å². The summed E-state index contributed by atoms with van der Waals surface area (Å²) in [6.45, 7) is 4.91. The molecule has 2 fully saturated rings. The van der Waals surface area contributed by atoms with Crippen molar-refractivity contribution in [3.05, 3.63) is 75.7 Å². The standard InChI is InChI=1S/C30H32Cl2FN3O3/c1-19(37)39-18-22-17-36(11-7-21(22)14-20-2-4-27(31)28(32)15-20)24-8-12-35(13-9-24)30(38)25-6-10-34-29-5-3-23(33)16-26(25)29/h2-6,10,15-16,21-22,24H,7-9,11-14,17-18H2,1H3/t21?,22-/m0/s1. The van der Waals surface area contributed by atoms with Crippen molar-refractivity contribution in [2.45, 2.75) is 38.6 Å². The molecule has 9 heteroatoms. The second kappa shape index (κ2) is 12.2. The number of amides is 1. The highest BCUT2D eigenvalue weighted by atomic mass is 35.5. The molecule has 0 aliphatic carbocycles. The van der Waals surface area contributed by atoms with Crippen LogP contribution in [0.15, 0.2) is 48.7 Å². The molecule has 0 N–H and O–H groups in total. The molecule has 0 radical (unpaired) electrons. The molecule has 0 spiro atoms. The number of pyridine rings is 1. The molecule has 0 saturated carbocycles. The molecule has 2 aromatic carbocycles. The number of hydrogen-bond donors (Lipinski definition) is 0. The summed E-state index contributed by atoms with van der Waals surface area (Å²) in [5.74, 6) is -0.167. The first-order chi connectivity index (χ1) is 18.8. The summed E-state index contributed by atoms with van der Waals surface area (Å²) in [5, 5.41) is 1.64. The highest BCUT2D eigenvalue weighted by molar-refractivity contribution is 6.42. The fraction of sp³-hybridized carbons (Fsp3) is 0.433. The van der Waals surface area contributed by atoms with Crippen molar-refractivity contribution >= 4 is 46.0 Å². The van der Waals surface area contributed by atoms with E-state index in [0.717, 1.165) is 44.3 Å². The monoisotopic (exact) mass is 571 g/mol. The fourth-order valence-corrected chi connectivity index (χ4v) is 6.32. The van der Waals surface area contributed by atoms with Gasteiger partial charge < -0.3 is 9.64 Å². The molecule has 2 aliphatic heterocycles. The number of benzene rings is 2.